The molecule has 0 spiro atoms. The summed E-state index contributed by atoms with van der Waals surface area (Å²) < 4.78 is 1.91. The van der Waals surface area contributed by atoms with Crippen LogP contribution in [0.25, 0.3) is 16.3 Å². The summed E-state index contributed by atoms with van der Waals surface area (Å²) in [5, 5.41) is 12.3. The molecule has 1 aromatic carbocycles. The second kappa shape index (κ2) is 6.38. The van der Waals surface area contributed by atoms with E-state index in [1.165, 1.54) is 0 Å². The molecule has 3 rings (SSSR count). The van der Waals surface area contributed by atoms with E-state index in [0.29, 0.717) is 0 Å². The normalized spacial score (nSPS) is 12.0. The average Bonchev–Trinajstić information content (AvgIpc) is 3.16. The van der Waals surface area contributed by atoms with Crippen molar-refractivity contribution in [3.05, 3.63) is 59.6 Å². The van der Waals surface area contributed by atoms with Crippen LogP contribution in [0, 0.1) is 0 Å². The maximum Gasteiger partial charge on any atom is 0.117 e. The molecular weight excluding hydrogens is 304 g/mol. The van der Waals surface area contributed by atoms with E-state index in [9.17, 15) is 0 Å². The highest BCUT2D eigenvalue weighted by molar-refractivity contribution is 7.12. The number of benzene rings is 1. The lowest BCUT2D eigenvalue weighted by Crippen LogP contribution is -2.31. The molecule has 0 aliphatic carbocycles. The third kappa shape index (κ3) is 3.87. The van der Waals surface area contributed by atoms with Gasteiger partial charge in [0, 0.05) is 22.9 Å². The van der Waals surface area contributed by atoms with E-state index < -0.39 is 0 Å². The van der Waals surface area contributed by atoms with E-state index in [2.05, 4.69) is 49.5 Å². The molecule has 4 nitrogen and oxygen atoms in total. The van der Waals surface area contributed by atoms with Crippen molar-refractivity contribution in [1.29, 1.82) is 0 Å². The Morgan fingerprint density at radius 3 is 2.57 bits per heavy atom. The fraction of sp³-hybridized carbons (Fsp3) is 0.222. The lowest BCUT2D eigenvalue weighted by atomic mass is 10.1. The SMILES string of the molecule is CC(C)(C)NN=Cc1cn(-c2cccs2)nc1-c1ccccc1. The van der Waals surface area contributed by atoms with Gasteiger partial charge >= 0.3 is 0 Å². The van der Waals surface area contributed by atoms with Gasteiger partial charge in [-0.05, 0) is 38.3 Å². The first-order valence-electron chi connectivity index (χ1n) is 7.52. The van der Waals surface area contributed by atoms with Crippen LogP contribution >= 0.6 is 11.3 Å². The van der Waals surface area contributed by atoms with Crippen LogP contribution in [0.4, 0.5) is 0 Å². The first kappa shape index (κ1) is 15.5. The summed E-state index contributed by atoms with van der Waals surface area (Å²) in [6.45, 7) is 6.24. The van der Waals surface area contributed by atoms with Gasteiger partial charge in [-0.15, -0.1) is 11.3 Å². The maximum atomic E-state index is 4.75. The molecule has 23 heavy (non-hydrogen) atoms. The molecule has 0 fully saturated rings. The second-order valence-electron chi connectivity index (χ2n) is 6.31. The van der Waals surface area contributed by atoms with Gasteiger partial charge in [-0.3, -0.25) is 0 Å². The molecule has 1 N–H and O–H groups in total. The Kier molecular flexibility index (Phi) is 4.30. The van der Waals surface area contributed by atoms with Crippen molar-refractivity contribution in [1.82, 2.24) is 15.2 Å². The van der Waals surface area contributed by atoms with Gasteiger partial charge in [0.15, 0.2) is 0 Å². The number of hydrogen-bond acceptors (Lipinski definition) is 4. The monoisotopic (exact) mass is 324 g/mol. The zero-order chi connectivity index (χ0) is 16.3. The Morgan fingerprint density at radius 2 is 1.91 bits per heavy atom. The van der Waals surface area contributed by atoms with Gasteiger partial charge in [0.2, 0.25) is 0 Å². The highest BCUT2D eigenvalue weighted by Gasteiger charge is 2.12. The van der Waals surface area contributed by atoms with Crippen LogP contribution in [0.3, 0.4) is 0 Å². The minimum Gasteiger partial charge on any atom is -0.305 e. The summed E-state index contributed by atoms with van der Waals surface area (Å²) in [6, 6.07) is 14.3. The Morgan fingerprint density at radius 1 is 1.13 bits per heavy atom. The van der Waals surface area contributed by atoms with E-state index in [4.69, 9.17) is 5.10 Å². The molecule has 0 radical (unpaired) electrons. The summed E-state index contributed by atoms with van der Waals surface area (Å²) in [6.07, 6.45) is 3.85. The minimum atomic E-state index is -0.0623. The maximum absolute atomic E-state index is 4.75. The summed E-state index contributed by atoms with van der Waals surface area (Å²) in [5.41, 5.74) is 6.07. The fourth-order valence-electron chi connectivity index (χ4n) is 2.11. The topological polar surface area (TPSA) is 42.2 Å². The van der Waals surface area contributed by atoms with Crippen molar-refractivity contribution < 1.29 is 0 Å². The summed E-state index contributed by atoms with van der Waals surface area (Å²) in [7, 11) is 0. The minimum absolute atomic E-state index is 0.0623. The zero-order valence-corrected chi connectivity index (χ0v) is 14.3. The molecule has 118 valence electrons. The van der Waals surface area contributed by atoms with Crippen molar-refractivity contribution in [2.45, 2.75) is 26.3 Å². The van der Waals surface area contributed by atoms with Crippen LogP contribution in [-0.4, -0.2) is 21.5 Å². The molecule has 0 unspecified atom stereocenters. The molecule has 2 heterocycles. The van der Waals surface area contributed by atoms with Gasteiger partial charge < -0.3 is 5.43 Å². The van der Waals surface area contributed by atoms with Gasteiger partial charge in [0.1, 0.15) is 10.7 Å². The Balaban J connectivity index is 1.99. The smallest absolute Gasteiger partial charge is 0.117 e. The van der Waals surface area contributed by atoms with E-state index in [1.807, 2.05) is 46.7 Å². The third-order valence-corrected chi connectivity index (χ3v) is 3.98. The molecule has 0 bridgehead atoms. The molecule has 0 saturated heterocycles. The Labute approximate surface area is 140 Å². The summed E-state index contributed by atoms with van der Waals surface area (Å²) in [4.78, 5) is 0. The van der Waals surface area contributed by atoms with Crippen molar-refractivity contribution >= 4 is 17.6 Å². The number of nitrogens with one attached hydrogen (secondary N) is 1. The van der Waals surface area contributed by atoms with Crippen LogP contribution in [0.5, 0.6) is 0 Å². The van der Waals surface area contributed by atoms with Gasteiger partial charge in [-0.2, -0.15) is 10.2 Å². The number of aromatic nitrogens is 2. The van der Waals surface area contributed by atoms with Crippen LogP contribution in [-0.2, 0) is 0 Å². The molecule has 3 aromatic rings. The largest absolute Gasteiger partial charge is 0.305 e. The molecular formula is C18H20N4S. The predicted molar refractivity (Wildman–Crippen MR) is 97.4 cm³/mol. The number of hydrazone groups is 1. The molecule has 0 atom stereocenters. The molecule has 5 heteroatoms. The van der Waals surface area contributed by atoms with Gasteiger partial charge in [-0.1, -0.05) is 30.3 Å². The molecule has 2 aromatic heterocycles. The Hall–Kier alpha value is -2.40. The molecule has 0 aliphatic heterocycles. The summed E-state index contributed by atoms with van der Waals surface area (Å²) in [5.74, 6) is 0. The van der Waals surface area contributed by atoms with Crippen LogP contribution in [0.2, 0.25) is 0 Å². The van der Waals surface area contributed by atoms with E-state index in [0.717, 1.165) is 21.8 Å². The third-order valence-electron chi connectivity index (χ3n) is 3.13. The Bertz CT molecular complexity index is 780. The quantitative estimate of drug-likeness (QED) is 0.573. The standard InChI is InChI=1S/C18H20N4S/c1-18(2,3)21-19-12-15-13-22(16-10-7-11-23-16)20-17(15)14-8-5-4-6-9-14/h4-13,21H,1-3H3. The number of nitrogens with zero attached hydrogens (tertiary/aromatic N) is 3. The average molecular weight is 324 g/mol. The second-order valence-corrected chi connectivity index (χ2v) is 7.24. The predicted octanol–water partition coefficient (Wildman–Crippen LogP) is 4.32. The fourth-order valence-corrected chi connectivity index (χ4v) is 2.77. The number of thiophene rings is 1. The van der Waals surface area contributed by atoms with E-state index in [1.54, 1.807) is 11.3 Å². The zero-order valence-electron chi connectivity index (χ0n) is 13.5. The van der Waals surface area contributed by atoms with Crippen molar-refractivity contribution in [3.63, 3.8) is 0 Å². The lowest BCUT2D eigenvalue weighted by molar-refractivity contribution is 0.442. The first-order chi connectivity index (χ1) is 11.0. The van der Waals surface area contributed by atoms with Gasteiger partial charge in [0.05, 0.1) is 6.21 Å². The molecule has 0 amide bonds. The number of rotatable bonds is 4. The van der Waals surface area contributed by atoms with Gasteiger partial charge in [0.25, 0.3) is 0 Å². The van der Waals surface area contributed by atoms with Crippen molar-refractivity contribution in [3.8, 4) is 16.3 Å². The molecule has 0 saturated carbocycles. The molecule has 0 aliphatic rings. The first-order valence-corrected chi connectivity index (χ1v) is 8.40. The number of hydrogen-bond donors (Lipinski definition) is 1. The lowest BCUT2D eigenvalue weighted by Gasteiger charge is -2.16. The summed E-state index contributed by atoms with van der Waals surface area (Å²) >= 11 is 1.66. The van der Waals surface area contributed by atoms with Gasteiger partial charge in [-0.25, -0.2) is 4.68 Å². The van der Waals surface area contributed by atoms with Crippen LogP contribution < -0.4 is 5.43 Å². The van der Waals surface area contributed by atoms with E-state index >= 15 is 0 Å². The highest BCUT2D eigenvalue weighted by atomic mass is 32.1. The van der Waals surface area contributed by atoms with Crippen LogP contribution in [0.15, 0.2) is 59.1 Å². The van der Waals surface area contributed by atoms with Crippen LogP contribution in [0.1, 0.15) is 26.3 Å². The van der Waals surface area contributed by atoms with Crippen molar-refractivity contribution in [2.24, 2.45) is 5.10 Å². The van der Waals surface area contributed by atoms with E-state index in [-0.39, 0.29) is 5.54 Å². The van der Waals surface area contributed by atoms with Crippen molar-refractivity contribution in [2.75, 3.05) is 0 Å². The highest BCUT2D eigenvalue weighted by Crippen LogP contribution is 2.24.